The van der Waals surface area contributed by atoms with Gasteiger partial charge >= 0.3 is 5.97 Å². The largest absolute Gasteiger partial charge is 0.484 e. The van der Waals surface area contributed by atoms with Crippen molar-refractivity contribution in [3.05, 3.63) is 81.7 Å². The number of hydrazone groups is 1. The normalized spacial score (nSPS) is 10.7. The number of esters is 1. The van der Waals surface area contributed by atoms with Crippen molar-refractivity contribution < 1.29 is 23.5 Å². The number of benzene rings is 2. The number of carbonyl (C=O) groups excluding carboxylic acids is 2. The highest BCUT2D eigenvalue weighted by Crippen LogP contribution is 2.23. The summed E-state index contributed by atoms with van der Waals surface area (Å²) in [4.78, 5) is 23.9. The van der Waals surface area contributed by atoms with E-state index in [2.05, 4.69) is 26.5 Å². The molecule has 0 aliphatic heterocycles. The van der Waals surface area contributed by atoms with Crippen molar-refractivity contribution in [2.45, 2.75) is 0 Å². The average molecular weight is 478 g/mol. The Bertz CT molecular complexity index is 1020. The highest BCUT2D eigenvalue weighted by atomic mass is 79.9. The third-order valence-electron chi connectivity index (χ3n) is 3.47. The van der Waals surface area contributed by atoms with Gasteiger partial charge in [-0.25, -0.2) is 10.2 Å². The molecule has 0 saturated heterocycles. The van der Waals surface area contributed by atoms with E-state index in [0.717, 1.165) is 4.47 Å². The maximum absolute atomic E-state index is 12.1. The van der Waals surface area contributed by atoms with E-state index in [1.807, 2.05) is 0 Å². The molecule has 9 heteroatoms. The van der Waals surface area contributed by atoms with Gasteiger partial charge < -0.3 is 13.9 Å². The summed E-state index contributed by atoms with van der Waals surface area (Å²) in [7, 11) is 0. The topological polar surface area (TPSA) is 90.1 Å². The fourth-order valence-electron chi connectivity index (χ4n) is 2.14. The van der Waals surface area contributed by atoms with Crippen LogP contribution < -0.4 is 14.9 Å². The molecule has 0 saturated carbocycles. The van der Waals surface area contributed by atoms with Gasteiger partial charge in [0.2, 0.25) is 5.76 Å². The molecule has 0 aliphatic carbocycles. The Kier molecular flexibility index (Phi) is 7.04. The van der Waals surface area contributed by atoms with E-state index >= 15 is 0 Å². The molecule has 0 spiro atoms. The second kappa shape index (κ2) is 9.90. The Morgan fingerprint density at radius 1 is 1.17 bits per heavy atom. The SMILES string of the molecule is O=C(COc1ccc(Cl)cc1)N/N=C\c1cc(Br)ccc1OC(=O)c1ccco1. The minimum Gasteiger partial charge on any atom is -0.484 e. The first-order valence-electron chi connectivity index (χ1n) is 8.27. The number of rotatable bonds is 7. The number of nitrogens with one attached hydrogen (secondary N) is 1. The van der Waals surface area contributed by atoms with Crippen molar-refractivity contribution in [1.29, 1.82) is 0 Å². The van der Waals surface area contributed by atoms with Gasteiger partial charge in [0.15, 0.2) is 6.61 Å². The first-order valence-corrected chi connectivity index (χ1v) is 9.44. The van der Waals surface area contributed by atoms with Crippen molar-refractivity contribution >= 4 is 45.6 Å². The van der Waals surface area contributed by atoms with Crippen molar-refractivity contribution in [2.75, 3.05) is 6.61 Å². The number of hydrogen-bond donors (Lipinski definition) is 1. The number of furan rings is 1. The van der Waals surface area contributed by atoms with E-state index in [1.165, 1.54) is 18.5 Å². The molecule has 148 valence electrons. The van der Waals surface area contributed by atoms with Gasteiger partial charge in [-0.1, -0.05) is 27.5 Å². The van der Waals surface area contributed by atoms with Crippen molar-refractivity contribution in [2.24, 2.45) is 5.10 Å². The number of nitrogens with zero attached hydrogens (tertiary/aromatic N) is 1. The Morgan fingerprint density at radius 2 is 1.97 bits per heavy atom. The van der Waals surface area contributed by atoms with Gasteiger partial charge in [-0.2, -0.15) is 5.10 Å². The minimum absolute atomic E-state index is 0.0726. The summed E-state index contributed by atoms with van der Waals surface area (Å²) < 4.78 is 16.4. The smallest absolute Gasteiger partial charge is 0.379 e. The highest BCUT2D eigenvalue weighted by molar-refractivity contribution is 9.10. The molecule has 0 radical (unpaired) electrons. The lowest BCUT2D eigenvalue weighted by Gasteiger charge is -2.07. The van der Waals surface area contributed by atoms with Gasteiger partial charge in [-0.05, 0) is 54.6 Å². The number of halogens is 2. The Labute approximate surface area is 179 Å². The molecule has 1 amide bonds. The maximum atomic E-state index is 12.1. The quantitative estimate of drug-likeness (QED) is 0.235. The minimum atomic E-state index is -0.646. The maximum Gasteiger partial charge on any atom is 0.379 e. The van der Waals surface area contributed by atoms with Gasteiger partial charge in [-0.15, -0.1) is 0 Å². The van der Waals surface area contributed by atoms with Crippen LogP contribution in [0.4, 0.5) is 0 Å². The molecule has 0 fully saturated rings. The molecule has 1 N–H and O–H groups in total. The van der Waals surface area contributed by atoms with Crippen molar-refractivity contribution in [1.82, 2.24) is 5.43 Å². The monoisotopic (exact) mass is 476 g/mol. The van der Waals surface area contributed by atoms with Gasteiger partial charge in [0.05, 0.1) is 12.5 Å². The fourth-order valence-corrected chi connectivity index (χ4v) is 2.65. The van der Waals surface area contributed by atoms with Crippen LogP contribution >= 0.6 is 27.5 Å². The van der Waals surface area contributed by atoms with Crippen LogP contribution in [0.2, 0.25) is 5.02 Å². The summed E-state index contributed by atoms with van der Waals surface area (Å²) in [6, 6.07) is 14.7. The van der Waals surface area contributed by atoms with E-state index in [0.29, 0.717) is 16.3 Å². The lowest BCUT2D eigenvalue weighted by atomic mass is 10.2. The van der Waals surface area contributed by atoms with Crippen LogP contribution in [-0.4, -0.2) is 24.7 Å². The van der Waals surface area contributed by atoms with E-state index in [4.69, 9.17) is 25.5 Å². The Hall–Kier alpha value is -3.10. The van der Waals surface area contributed by atoms with Crippen LogP contribution in [0.3, 0.4) is 0 Å². The number of hydrogen-bond acceptors (Lipinski definition) is 6. The summed E-state index contributed by atoms with van der Waals surface area (Å²) in [5.74, 6) is -0.270. The summed E-state index contributed by atoms with van der Waals surface area (Å²) >= 11 is 9.13. The second-order valence-electron chi connectivity index (χ2n) is 5.58. The van der Waals surface area contributed by atoms with Crippen LogP contribution in [0.1, 0.15) is 16.1 Å². The van der Waals surface area contributed by atoms with Crippen LogP contribution in [-0.2, 0) is 4.79 Å². The molecule has 1 aromatic heterocycles. The third-order valence-corrected chi connectivity index (χ3v) is 4.22. The van der Waals surface area contributed by atoms with E-state index < -0.39 is 11.9 Å². The van der Waals surface area contributed by atoms with Gasteiger partial charge in [0.25, 0.3) is 5.91 Å². The number of amides is 1. The van der Waals surface area contributed by atoms with E-state index in [1.54, 1.807) is 48.5 Å². The zero-order valence-corrected chi connectivity index (χ0v) is 17.1. The zero-order valence-electron chi connectivity index (χ0n) is 14.8. The first kappa shape index (κ1) is 20.6. The summed E-state index contributed by atoms with van der Waals surface area (Å²) in [5, 5.41) is 4.45. The number of carbonyl (C=O) groups is 2. The summed E-state index contributed by atoms with van der Waals surface area (Å²) in [6.07, 6.45) is 2.73. The molecule has 2 aromatic carbocycles. The Morgan fingerprint density at radius 3 is 2.69 bits per heavy atom. The highest BCUT2D eigenvalue weighted by Gasteiger charge is 2.14. The van der Waals surface area contributed by atoms with Crippen LogP contribution in [0.25, 0.3) is 0 Å². The molecule has 3 rings (SSSR count). The molecule has 0 bridgehead atoms. The molecular formula is C20H14BrClN2O5. The summed E-state index contributed by atoms with van der Waals surface area (Å²) in [6.45, 7) is -0.224. The van der Waals surface area contributed by atoms with E-state index in [-0.39, 0.29) is 18.1 Å². The van der Waals surface area contributed by atoms with Crippen molar-refractivity contribution in [3.8, 4) is 11.5 Å². The standard InChI is InChI=1S/C20H14BrClN2O5/c21-14-3-8-17(29-20(26)18-2-1-9-27-18)13(10-14)11-23-24-19(25)12-28-16-6-4-15(22)5-7-16/h1-11H,12H2,(H,24,25)/b23-11-. The predicted octanol–water partition coefficient (Wildman–Crippen LogP) is 4.44. The summed E-state index contributed by atoms with van der Waals surface area (Å²) in [5.41, 5.74) is 2.82. The van der Waals surface area contributed by atoms with Gasteiger partial charge in [0.1, 0.15) is 11.5 Å². The fraction of sp³-hybridized carbons (Fsp3) is 0.0500. The van der Waals surface area contributed by atoms with Crippen LogP contribution in [0.15, 0.2) is 74.9 Å². The predicted molar refractivity (Wildman–Crippen MR) is 110 cm³/mol. The average Bonchev–Trinajstić information content (AvgIpc) is 3.24. The first-order chi connectivity index (χ1) is 14.0. The van der Waals surface area contributed by atoms with Crippen LogP contribution in [0.5, 0.6) is 11.5 Å². The lowest BCUT2D eigenvalue weighted by Crippen LogP contribution is -2.24. The molecule has 29 heavy (non-hydrogen) atoms. The number of ether oxygens (including phenoxy) is 2. The molecule has 3 aromatic rings. The zero-order chi connectivity index (χ0) is 20.6. The van der Waals surface area contributed by atoms with Crippen LogP contribution in [0, 0.1) is 0 Å². The van der Waals surface area contributed by atoms with E-state index in [9.17, 15) is 9.59 Å². The molecule has 7 nitrogen and oxygen atoms in total. The van der Waals surface area contributed by atoms with Crippen molar-refractivity contribution in [3.63, 3.8) is 0 Å². The molecule has 1 heterocycles. The molecule has 0 aliphatic rings. The van der Waals surface area contributed by atoms with Gasteiger partial charge in [0, 0.05) is 15.1 Å². The van der Waals surface area contributed by atoms with Gasteiger partial charge in [-0.3, -0.25) is 4.79 Å². The molecular weight excluding hydrogens is 464 g/mol. The third kappa shape index (κ3) is 6.20. The Balaban J connectivity index is 1.59. The lowest BCUT2D eigenvalue weighted by molar-refractivity contribution is -0.123. The molecule has 0 unspecified atom stereocenters. The molecule has 0 atom stereocenters. The second-order valence-corrected chi connectivity index (χ2v) is 6.94.